The quantitative estimate of drug-likeness (QED) is 0.484. The minimum Gasteiger partial charge on any atom is -0.425 e. The van der Waals surface area contributed by atoms with Gasteiger partial charge < -0.3 is 20.3 Å². The van der Waals surface area contributed by atoms with E-state index in [1.807, 2.05) is 13.8 Å². The third-order valence-electron chi connectivity index (χ3n) is 5.77. The molecule has 4 rings (SSSR count). The number of anilines is 1. The summed E-state index contributed by atoms with van der Waals surface area (Å²) in [6, 6.07) is 12.6. The lowest BCUT2D eigenvalue weighted by Crippen LogP contribution is -2.42. The first-order chi connectivity index (χ1) is 16.3. The number of rotatable bonds is 7. The number of fused-ring (bicyclic) bond motifs is 1. The Bertz CT molecular complexity index is 1110. The second-order valence-electron chi connectivity index (χ2n) is 8.78. The molecule has 1 aliphatic heterocycles. The molecular formula is C25H28N4O5. The number of esters is 1. The second-order valence-corrected chi connectivity index (χ2v) is 8.78. The largest absolute Gasteiger partial charge is 0.425 e. The number of hydrogen-bond donors (Lipinski definition) is 2. The average Bonchev–Trinajstić information content (AvgIpc) is 3.61. The minimum atomic E-state index is -0.740. The molecule has 1 aliphatic carbocycles. The predicted octanol–water partition coefficient (Wildman–Crippen LogP) is 2.62. The fourth-order valence-electron chi connectivity index (χ4n) is 3.96. The molecule has 34 heavy (non-hydrogen) atoms. The van der Waals surface area contributed by atoms with Gasteiger partial charge in [-0.2, -0.15) is 0 Å². The molecule has 0 saturated heterocycles. The summed E-state index contributed by atoms with van der Waals surface area (Å²) in [5.41, 5.74) is 1.83. The molecule has 0 bridgehead atoms. The van der Waals surface area contributed by atoms with Gasteiger partial charge in [0.1, 0.15) is 18.3 Å². The number of nitrogens with one attached hydrogen (secondary N) is 2. The summed E-state index contributed by atoms with van der Waals surface area (Å²) >= 11 is 0. The molecule has 2 aromatic carbocycles. The lowest BCUT2D eigenvalue weighted by atomic mass is 10.0. The Labute approximate surface area is 198 Å². The maximum absolute atomic E-state index is 13.0. The lowest BCUT2D eigenvalue weighted by molar-refractivity contribution is -0.136. The van der Waals surface area contributed by atoms with Gasteiger partial charge in [-0.25, -0.2) is 9.59 Å². The number of amides is 4. The van der Waals surface area contributed by atoms with Gasteiger partial charge in [0.2, 0.25) is 5.91 Å². The van der Waals surface area contributed by atoms with E-state index in [-0.39, 0.29) is 30.6 Å². The third kappa shape index (κ3) is 4.88. The summed E-state index contributed by atoms with van der Waals surface area (Å²) in [4.78, 5) is 53.2. The van der Waals surface area contributed by atoms with Crippen LogP contribution < -0.4 is 20.3 Å². The van der Waals surface area contributed by atoms with Crippen molar-refractivity contribution >= 4 is 29.5 Å². The van der Waals surface area contributed by atoms with Crippen LogP contribution in [0.25, 0.3) is 0 Å². The van der Waals surface area contributed by atoms with E-state index < -0.39 is 17.9 Å². The Morgan fingerprint density at radius 1 is 1.09 bits per heavy atom. The molecule has 4 amide bonds. The monoisotopic (exact) mass is 464 g/mol. The molecule has 1 saturated carbocycles. The Morgan fingerprint density at radius 2 is 1.76 bits per heavy atom. The molecule has 0 spiro atoms. The van der Waals surface area contributed by atoms with E-state index in [1.165, 1.54) is 4.90 Å². The zero-order valence-electron chi connectivity index (χ0n) is 19.4. The van der Waals surface area contributed by atoms with E-state index in [1.54, 1.807) is 60.5 Å². The molecule has 0 radical (unpaired) electrons. The van der Waals surface area contributed by atoms with Crippen LogP contribution in [0.1, 0.15) is 48.7 Å². The van der Waals surface area contributed by atoms with Crippen LogP contribution in [0.3, 0.4) is 0 Å². The molecule has 0 aromatic heterocycles. The van der Waals surface area contributed by atoms with Crippen molar-refractivity contribution in [1.82, 2.24) is 15.5 Å². The molecule has 1 atom stereocenters. The normalized spacial score (nSPS) is 16.8. The summed E-state index contributed by atoms with van der Waals surface area (Å²) in [6.07, 6.45) is 1.74. The summed E-state index contributed by atoms with van der Waals surface area (Å²) in [5, 5.41) is 5.41. The summed E-state index contributed by atoms with van der Waals surface area (Å²) in [7, 11) is 1.64. The van der Waals surface area contributed by atoms with Crippen molar-refractivity contribution in [2.24, 2.45) is 0 Å². The van der Waals surface area contributed by atoms with E-state index >= 15 is 0 Å². The van der Waals surface area contributed by atoms with Gasteiger partial charge in [0.25, 0.3) is 5.91 Å². The van der Waals surface area contributed by atoms with Crippen LogP contribution in [0, 0.1) is 0 Å². The van der Waals surface area contributed by atoms with Gasteiger partial charge in [-0.15, -0.1) is 0 Å². The third-order valence-corrected chi connectivity index (χ3v) is 5.77. The first-order valence-corrected chi connectivity index (χ1v) is 11.3. The van der Waals surface area contributed by atoms with Crippen LogP contribution in [0.5, 0.6) is 5.75 Å². The maximum atomic E-state index is 13.0. The fourth-order valence-corrected chi connectivity index (χ4v) is 3.96. The molecule has 2 aliphatic rings. The van der Waals surface area contributed by atoms with Crippen molar-refractivity contribution < 1.29 is 23.9 Å². The van der Waals surface area contributed by atoms with Gasteiger partial charge in [-0.3, -0.25) is 14.5 Å². The van der Waals surface area contributed by atoms with E-state index in [2.05, 4.69) is 10.6 Å². The molecule has 1 unspecified atom stereocenters. The van der Waals surface area contributed by atoms with Gasteiger partial charge in [0, 0.05) is 30.4 Å². The molecule has 9 heteroatoms. The highest BCUT2D eigenvalue weighted by Gasteiger charge is 2.47. The van der Waals surface area contributed by atoms with Crippen molar-refractivity contribution in [1.29, 1.82) is 0 Å². The number of carbonyl (C=O) groups excluding carboxylic acids is 4. The van der Waals surface area contributed by atoms with Crippen molar-refractivity contribution in [2.45, 2.75) is 44.8 Å². The Balaban J connectivity index is 1.34. The summed E-state index contributed by atoms with van der Waals surface area (Å²) in [6.45, 7) is 3.42. The van der Waals surface area contributed by atoms with Gasteiger partial charge in [-0.1, -0.05) is 18.2 Å². The fraction of sp³-hybridized carbons (Fsp3) is 0.360. The number of ether oxygens (including phenoxy) is 1. The van der Waals surface area contributed by atoms with Gasteiger partial charge in [-0.05, 0) is 62.6 Å². The van der Waals surface area contributed by atoms with Gasteiger partial charge >= 0.3 is 12.0 Å². The zero-order chi connectivity index (χ0) is 24.4. The second kappa shape index (κ2) is 9.54. The maximum Gasteiger partial charge on any atom is 0.330 e. The number of hydrogen-bond acceptors (Lipinski definition) is 5. The summed E-state index contributed by atoms with van der Waals surface area (Å²) in [5.74, 6) is -0.896. The van der Waals surface area contributed by atoms with E-state index in [9.17, 15) is 19.2 Å². The van der Waals surface area contributed by atoms with Crippen LogP contribution >= 0.6 is 0 Å². The van der Waals surface area contributed by atoms with E-state index in [0.717, 1.165) is 12.8 Å². The molecule has 9 nitrogen and oxygen atoms in total. The van der Waals surface area contributed by atoms with Gasteiger partial charge in [0.15, 0.2) is 0 Å². The molecule has 2 N–H and O–H groups in total. The minimum absolute atomic E-state index is 0.0116. The predicted molar refractivity (Wildman–Crippen MR) is 126 cm³/mol. The Hall–Kier alpha value is -3.88. The summed E-state index contributed by atoms with van der Waals surface area (Å²) < 4.78 is 5.31. The first-order valence-electron chi connectivity index (χ1n) is 11.3. The number of benzene rings is 2. The van der Waals surface area contributed by atoms with Crippen LogP contribution in [0.15, 0.2) is 48.5 Å². The average molecular weight is 465 g/mol. The molecule has 178 valence electrons. The molecule has 1 heterocycles. The van der Waals surface area contributed by atoms with Crippen molar-refractivity contribution in [3.8, 4) is 5.75 Å². The van der Waals surface area contributed by atoms with E-state index in [0.29, 0.717) is 22.6 Å². The van der Waals surface area contributed by atoms with Crippen LogP contribution in [0.2, 0.25) is 0 Å². The van der Waals surface area contributed by atoms with Crippen LogP contribution in [-0.4, -0.2) is 54.4 Å². The van der Waals surface area contributed by atoms with Crippen molar-refractivity contribution in [2.75, 3.05) is 18.5 Å². The Morgan fingerprint density at radius 3 is 2.41 bits per heavy atom. The van der Waals surface area contributed by atoms with Crippen LogP contribution in [-0.2, 0) is 9.59 Å². The van der Waals surface area contributed by atoms with Crippen molar-refractivity contribution in [3.63, 3.8) is 0 Å². The van der Waals surface area contributed by atoms with Crippen LogP contribution in [0.4, 0.5) is 10.5 Å². The highest BCUT2D eigenvalue weighted by Crippen LogP contribution is 2.41. The number of nitrogens with zero attached hydrogens (tertiary/aromatic N) is 2. The molecular weight excluding hydrogens is 436 g/mol. The standard InChI is InChI=1S/C25H28N4O5/c1-15(2)27-25(33)28(3)16-10-12-18(13-11-16)34-21(30)14-26-23(31)22-19-6-4-5-7-20(19)24(32)29(22)17-8-9-17/h4-7,10-13,15,17,22H,8-9,14H2,1-3H3,(H,26,31)(H,27,33). The Kier molecular flexibility index (Phi) is 6.54. The first kappa shape index (κ1) is 23.3. The number of urea groups is 1. The number of carbonyl (C=O) groups is 4. The topological polar surface area (TPSA) is 108 Å². The van der Waals surface area contributed by atoms with Crippen molar-refractivity contribution in [3.05, 3.63) is 59.7 Å². The smallest absolute Gasteiger partial charge is 0.330 e. The van der Waals surface area contributed by atoms with E-state index in [4.69, 9.17) is 4.74 Å². The lowest BCUT2D eigenvalue weighted by Gasteiger charge is -2.24. The zero-order valence-corrected chi connectivity index (χ0v) is 19.4. The van der Waals surface area contributed by atoms with Gasteiger partial charge in [0.05, 0.1) is 0 Å². The SMILES string of the molecule is CC(C)NC(=O)N(C)c1ccc(OC(=O)CNC(=O)C2c3ccccc3C(=O)N2C2CC2)cc1. The molecule has 2 aromatic rings. The molecule has 1 fully saturated rings. The highest BCUT2D eigenvalue weighted by atomic mass is 16.5. The highest BCUT2D eigenvalue weighted by molar-refractivity contribution is 6.05.